The van der Waals surface area contributed by atoms with E-state index in [1.807, 2.05) is 20.8 Å². The van der Waals surface area contributed by atoms with Gasteiger partial charge in [0.15, 0.2) is 11.5 Å². The van der Waals surface area contributed by atoms with Crippen LogP contribution < -0.4 is 0 Å². The van der Waals surface area contributed by atoms with Crippen molar-refractivity contribution in [3.05, 3.63) is 29.8 Å². The van der Waals surface area contributed by atoms with E-state index in [9.17, 15) is 17.8 Å². The molecule has 6 heteroatoms. The Morgan fingerprint density at radius 3 is 2.09 bits per heavy atom. The van der Waals surface area contributed by atoms with Crippen LogP contribution in [0.2, 0.25) is 0 Å². The van der Waals surface area contributed by atoms with Crippen LogP contribution in [0.25, 0.3) is 0 Å². The molecular weight excluding hydrogens is 332 g/mol. The van der Waals surface area contributed by atoms with Crippen molar-refractivity contribution in [2.45, 2.75) is 44.9 Å². The Kier molecular flexibility index (Phi) is 8.29. The monoisotopic (exact) mass is 358 g/mol. The lowest BCUT2D eigenvalue weighted by atomic mass is 10.1. The van der Waals surface area contributed by atoms with Crippen molar-refractivity contribution in [2.24, 2.45) is 5.92 Å². The molecule has 0 N–H and O–H groups in total. The van der Waals surface area contributed by atoms with Gasteiger partial charge < -0.3 is 4.55 Å². The van der Waals surface area contributed by atoms with E-state index < -0.39 is 10.1 Å². The van der Waals surface area contributed by atoms with Crippen LogP contribution in [-0.4, -0.2) is 36.0 Å². The fourth-order valence-electron chi connectivity index (χ4n) is 2.11. The van der Waals surface area contributed by atoms with Crippen LogP contribution in [-0.2, 0) is 25.8 Å². The Balaban J connectivity index is 0.000000231. The highest BCUT2D eigenvalue weighted by Crippen LogP contribution is 2.14. The quantitative estimate of drug-likeness (QED) is 0.613. The average Bonchev–Trinajstić information content (AvgIpc) is 2.48. The third-order valence-corrected chi connectivity index (χ3v) is 6.94. The summed E-state index contributed by atoms with van der Waals surface area (Å²) in [6.45, 7) is 5.84. The van der Waals surface area contributed by atoms with E-state index in [1.165, 1.54) is 42.9 Å². The van der Waals surface area contributed by atoms with Gasteiger partial charge in [-0.2, -0.15) is 0 Å². The number of hydrogen-bond donors (Lipinski definition) is 0. The van der Waals surface area contributed by atoms with Crippen molar-refractivity contribution in [1.82, 2.24) is 0 Å². The number of rotatable bonds is 4. The molecule has 0 radical (unpaired) electrons. The fourth-order valence-corrected chi connectivity index (χ4v) is 5.03. The lowest BCUT2D eigenvalue weighted by Crippen LogP contribution is -2.27. The van der Waals surface area contributed by atoms with Crippen LogP contribution in [0.15, 0.2) is 29.2 Å². The summed E-state index contributed by atoms with van der Waals surface area (Å²) >= 11 is 0. The van der Waals surface area contributed by atoms with Gasteiger partial charge in [0.2, 0.25) is 0 Å². The topological polar surface area (TPSA) is 74.3 Å². The number of carbonyl (C=O) groups is 1. The standard InChI is InChI=1S/C10H19OS.C7H8O3S/c1-9(2)10(11)8-12-6-4-3-5-7-12;1-6-2-4-7(5-3-6)11(8,9)10/h9H,3-8H2,1-2H3;2-5H,1H3,(H,8,9,10)/q+1;/p-1. The van der Waals surface area contributed by atoms with Gasteiger partial charge in [-0.3, -0.25) is 4.79 Å². The lowest BCUT2D eigenvalue weighted by molar-refractivity contribution is -0.119. The molecule has 0 aliphatic carbocycles. The zero-order chi connectivity index (χ0) is 17.5. The highest BCUT2D eigenvalue weighted by atomic mass is 32.2. The number of Topliss-reactive ketones (excluding diaryl/α,β-unsaturated/α-hetero) is 1. The summed E-state index contributed by atoms with van der Waals surface area (Å²) in [7, 11) is -3.81. The normalized spacial score (nSPS) is 15.9. The predicted octanol–water partition coefficient (Wildman–Crippen LogP) is 2.91. The summed E-state index contributed by atoms with van der Waals surface area (Å²) in [6, 6.07) is 5.78. The van der Waals surface area contributed by atoms with Crippen LogP contribution in [0.5, 0.6) is 0 Å². The molecule has 0 unspecified atom stereocenters. The van der Waals surface area contributed by atoms with E-state index in [1.54, 1.807) is 12.1 Å². The molecular formula is C17H26O4S2. The Morgan fingerprint density at radius 1 is 1.13 bits per heavy atom. The minimum Gasteiger partial charge on any atom is -0.744 e. The number of benzene rings is 1. The predicted molar refractivity (Wildman–Crippen MR) is 94.8 cm³/mol. The Bertz CT molecular complexity index is 586. The van der Waals surface area contributed by atoms with Crippen LogP contribution in [0, 0.1) is 12.8 Å². The SMILES string of the molecule is CC(C)C(=O)C[S+]1CCCCC1.Cc1ccc(S(=O)(=O)[O-])cc1. The Morgan fingerprint density at radius 2 is 1.65 bits per heavy atom. The van der Waals surface area contributed by atoms with Gasteiger partial charge in [0.1, 0.15) is 21.6 Å². The first-order chi connectivity index (χ1) is 10.7. The highest BCUT2D eigenvalue weighted by molar-refractivity contribution is 7.97. The molecule has 1 aliphatic rings. The van der Waals surface area contributed by atoms with Crippen molar-refractivity contribution in [1.29, 1.82) is 0 Å². The number of ketones is 1. The third kappa shape index (κ3) is 7.99. The first-order valence-corrected chi connectivity index (χ1v) is 11.0. The molecule has 0 amide bonds. The zero-order valence-corrected chi connectivity index (χ0v) is 15.7. The van der Waals surface area contributed by atoms with Crippen molar-refractivity contribution >= 4 is 26.8 Å². The Hall–Kier alpha value is -0.850. The maximum atomic E-state index is 11.4. The summed E-state index contributed by atoms with van der Waals surface area (Å²) in [5, 5.41) is 0. The number of aryl methyl sites for hydroxylation is 1. The highest BCUT2D eigenvalue weighted by Gasteiger charge is 2.25. The summed E-state index contributed by atoms with van der Waals surface area (Å²) in [4.78, 5) is 11.2. The molecule has 4 nitrogen and oxygen atoms in total. The van der Waals surface area contributed by atoms with E-state index in [2.05, 4.69) is 0 Å². The molecule has 0 aromatic heterocycles. The molecule has 0 atom stereocenters. The average molecular weight is 359 g/mol. The third-order valence-electron chi connectivity index (χ3n) is 3.67. The summed E-state index contributed by atoms with van der Waals surface area (Å²) in [5.41, 5.74) is 0.928. The Labute approximate surface area is 142 Å². The van der Waals surface area contributed by atoms with Crippen molar-refractivity contribution in [2.75, 3.05) is 17.3 Å². The molecule has 1 heterocycles. The second kappa shape index (κ2) is 9.45. The molecule has 0 spiro atoms. The maximum absolute atomic E-state index is 11.4. The van der Waals surface area contributed by atoms with Gasteiger partial charge in [0, 0.05) is 5.92 Å². The molecule has 1 aliphatic heterocycles. The van der Waals surface area contributed by atoms with Crippen LogP contribution in [0.4, 0.5) is 0 Å². The molecule has 2 rings (SSSR count). The first-order valence-electron chi connectivity index (χ1n) is 7.89. The minimum atomic E-state index is -4.27. The number of carbonyl (C=O) groups excluding carboxylic acids is 1. The second-order valence-electron chi connectivity index (χ2n) is 6.11. The van der Waals surface area contributed by atoms with E-state index in [0.29, 0.717) is 16.7 Å². The van der Waals surface area contributed by atoms with E-state index in [0.717, 1.165) is 11.3 Å². The molecule has 1 saturated heterocycles. The van der Waals surface area contributed by atoms with E-state index >= 15 is 0 Å². The van der Waals surface area contributed by atoms with Gasteiger partial charge in [0.25, 0.3) is 0 Å². The minimum absolute atomic E-state index is 0.178. The van der Waals surface area contributed by atoms with Gasteiger partial charge in [-0.15, -0.1) is 0 Å². The molecule has 0 bridgehead atoms. The van der Waals surface area contributed by atoms with E-state index in [-0.39, 0.29) is 10.8 Å². The fraction of sp³-hybridized carbons (Fsp3) is 0.588. The maximum Gasteiger partial charge on any atom is 0.184 e. The van der Waals surface area contributed by atoms with E-state index in [4.69, 9.17) is 0 Å². The smallest absolute Gasteiger partial charge is 0.184 e. The van der Waals surface area contributed by atoms with Crippen LogP contribution in [0.1, 0.15) is 38.7 Å². The van der Waals surface area contributed by atoms with Crippen LogP contribution >= 0.6 is 0 Å². The number of hydrogen-bond acceptors (Lipinski definition) is 4. The van der Waals surface area contributed by atoms with Gasteiger partial charge in [-0.25, -0.2) is 8.42 Å². The molecule has 23 heavy (non-hydrogen) atoms. The lowest BCUT2D eigenvalue weighted by Gasteiger charge is -2.13. The second-order valence-corrected chi connectivity index (χ2v) is 9.82. The summed E-state index contributed by atoms with van der Waals surface area (Å²) in [5.74, 6) is 4.23. The van der Waals surface area contributed by atoms with Gasteiger partial charge in [0.05, 0.1) is 4.90 Å². The molecule has 1 aromatic carbocycles. The summed E-state index contributed by atoms with van der Waals surface area (Å²) < 4.78 is 31.2. The van der Waals surface area contributed by atoms with Gasteiger partial charge in [-0.05, 0) is 49.2 Å². The molecule has 1 aromatic rings. The molecule has 1 fully saturated rings. The van der Waals surface area contributed by atoms with Crippen molar-refractivity contribution < 1.29 is 17.8 Å². The molecule has 130 valence electrons. The zero-order valence-electron chi connectivity index (χ0n) is 14.1. The largest absolute Gasteiger partial charge is 0.744 e. The van der Waals surface area contributed by atoms with Crippen molar-refractivity contribution in [3.8, 4) is 0 Å². The first kappa shape index (κ1) is 20.2. The molecule has 0 saturated carbocycles. The van der Waals surface area contributed by atoms with Crippen LogP contribution in [0.3, 0.4) is 0 Å². The van der Waals surface area contributed by atoms with Gasteiger partial charge in [-0.1, -0.05) is 31.5 Å². The summed E-state index contributed by atoms with van der Waals surface area (Å²) in [6.07, 6.45) is 4.10. The van der Waals surface area contributed by atoms with Crippen molar-refractivity contribution in [3.63, 3.8) is 0 Å². The van der Waals surface area contributed by atoms with Gasteiger partial charge >= 0.3 is 0 Å².